The van der Waals surface area contributed by atoms with Crippen LogP contribution >= 0.6 is 15.9 Å². The van der Waals surface area contributed by atoms with Gasteiger partial charge in [0.05, 0.1) is 0 Å². The monoisotopic (exact) mass is 320 g/mol. The summed E-state index contributed by atoms with van der Waals surface area (Å²) in [6.45, 7) is 3.92. The molecule has 98 valence electrons. The lowest BCUT2D eigenvalue weighted by molar-refractivity contribution is 0.0993. The van der Waals surface area contributed by atoms with Crippen LogP contribution < -0.4 is 0 Å². The first-order valence-electron chi connectivity index (χ1n) is 6.00. The molecule has 2 rings (SSSR count). The smallest absolute Gasteiger partial charge is 0.167 e. The zero-order valence-corrected chi connectivity index (χ0v) is 12.4. The minimum atomic E-state index is -0.336. The minimum Gasteiger partial charge on any atom is -0.294 e. The van der Waals surface area contributed by atoms with Gasteiger partial charge in [0.1, 0.15) is 5.82 Å². The van der Waals surface area contributed by atoms with Crippen molar-refractivity contribution in [1.82, 2.24) is 0 Å². The topological polar surface area (TPSA) is 17.1 Å². The number of aryl methyl sites for hydroxylation is 2. The molecule has 2 aromatic carbocycles. The van der Waals surface area contributed by atoms with Crippen LogP contribution in [0.1, 0.15) is 27.0 Å². The Morgan fingerprint density at radius 2 is 1.68 bits per heavy atom. The average molecular weight is 321 g/mol. The van der Waals surface area contributed by atoms with Crippen molar-refractivity contribution in [3.63, 3.8) is 0 Å². The molecule has 3 heteroatoms. The normalized spacial score (nSPS) is 10.5. The molecular weight excluding hydrogens is 307 g/mol. The SMILES string of the molecule is Cc1cc(C)cc(C(=O)Cc2cc(F)cc(Br)c2)c1. The summed E-state index contributed by atoms with van der Waals surface area (Å²) in [5, 5.41) is 0. The Morgan fingerprint density at radius 3 is 2.26 bits per heavy atom. The molecule has 1 nitrogen and oxygen atoms in total. The molecule has 0 radical (unpaired) electrons. The van der Waals surface area contributed by atoms with Gasteiger partial charge in [-0.15, -0.1) is 0 Å². The van der Waals surface area contributed by atoms with Crippen LogP contribution in [0.3, 0.4) is 0 Å². The van der Waals surface area contributed by atoms with Crippen LogP contribution in [0.5, 0.6) is 0 Å². The Labute approximate surface area is 120 Å². The first-order chi connectivity index (χ1) is 8.94. The molecule has 2 aromatic rings. The molecule has 0 N–H and O–H groups in total. The van der Waals surface area contributed by atoms with Crippen molar-refractivity contribution in [2.75, 3.05) is 0 Å². The van der Waals surface area contributed by atoms with Crippen LogP contribution in [0, 0.1) is 19.7 Å². The highest BCUT2D eigenvalue weighted by molar-refractivity contribution is 9.10. The zero-order chi connectivity index (χ0) is 14.0. The molecule has 0 amide bonds. The molecule has 0 spiro atoms. The van der Waals surface area contributed by atoms with Crippen molar-refractivity contribution in [2.24, 2.45) is 0 Å². The van der Waals surface area contributed by atoms with E-state index in [0.717, 1.165) is 11.1 Å². The molecule has 0 saturated carbocycles. The number of hydrogen-bond donors (Lipinski definition) is 0. The Kier molecular flexibility index (Phi) is 4.15. The molecule has 0 atom stereocenters. The predicted molar refractivity (Wildman–Crippen MR) is 78.1 cm³/mol. The second kappa shape index (κ2) is 5.66. The maximum Gasteiger partial charge on any atom is 0.167 e. The van der Waals surface area contributed by atoms with Gasteiger partial charge in [-0.2, -0.15) is 0 Å². The first kappa shape index (κ1) is 13.9. The lowest BCUT2D eigenvalue weighted by Gasteiger charge is -2.05. The standard InChI is InChI=1S/C16H14BrFO/c1-10-3-11(2)5-13(4-10)16(19)8-12-6-14(17)9-15(18)7-12/h3-7,9H,8H2,1-2H3. The second-order valence-electron chi connectivity index (χ2n) is 4.75. The second-order valence-corrected chi connectivity index (χ2v) is 5.67. The summed E-state index contributed by atoms with van der Waals surface area (Å²) >= 11 is 3.23. The molecule has 0 heterocycles. The van der Waals surface area contributed by atoms with E-state index in [1.807, 2.05) is 32.0 Å². The Hall–Kier alpha value is -1.48. The minimum absolute atomic E-state index is 0.00398. The van der Waals surface area contributed by atoms with Gasteiger partial charge in [0.15, 0.2) is 5.78 Å². The van der Waals surface area contributed by atoms with E-state index < -0.39 is 0 Å². The summed E-state index contributed by atoms with van der Waals surface area (Å²) < 4.78 is 13.9. The van der Waals surface area contributed by atoms with Crippen LogP contribution in [0.15, 0.2) is 40.9 Å². The van der Waals surface area contributed by atoms with Crippen molar-refractivity contribution in [2.45, 2.75) is 20.3 Å². The van der Waals surface area contributed by atoms with Gasteiger partial charge in [-0.3, -0.25) is 4.79 Å². The molecule has 0 aliphatic carbocycles. The van der Waals surface area contributed by atoms with Crippen molar-refractivity contribution >= 4 is 21.7 Å². The van der Waals surface area contributed by atoms with Crippen LogP contribution in [0.25, 0.3) is 0 Å². The van der Waals surface area contributed by atoms with Gasteiger partial charge in [-0.05, 0) is 49.7 Å². The van der Waals surface area contributed by atoms with Crippen molar-refractivity contribution < 1.29 is 9.18 Å². The van der Waals surface area contributed by atoms with Gasteiger partial charge in [0.2, 0.25) is 0 Å². The van der Waals surface area contributed by atoms with Crippen molar-refractivity contribution in [1.29, 1.82) is 0 Å². The number of hydrogen-bond acceptors (Lipinski definition) is 1. The van der Waals surface area contributed by atoms with Gasteiger partial charge >= 0.3 is 0 Å². The van der Waals surface area contributed by atoms with Gasteiger partial charge < -0.3 is 0 Å². The molecule has 0 unspecified atom stereocenters. The van der Waals surface area contributed by atoms with Crippen LogP contribution in [-0.4, -0.2) is 5.78 Å². The van der Waals surface area contributed by atoms with Crippen LogP contribution in [-0.2, 0) is 6.42 Å². The van der Waals surface area contributed by atoms with E-state index in [2.05, 4.69) is 15.9 Å². The van der Waals surface area contributed by atoms with E-state index in [1.54, 1.807) is 6.07 Å². The van der Waals surface area contributed by atoms with Crippen LogP contribution in [0.4, 0.5) is 4.39 Å². The molecule has 0 aliphatic rings. The number of halogens is 2. The summed E-state index contributed by atoms with van der Waals surface area (Å²) in [5.74, 6) is -0.332. The molecule has 0 aliphatic heterocycles. The Morgan fingerprint density at radius 1 is 1.05 bits per heavy atom. The molecule has 0 aromatic heterocycles. The maximum atomic E-state index is 13.3. The lowest BCUT2D eigenvalue weighted by atomic mass is 9.99. The summed E-state index contributed by atoms with van der Waals surface area (Å²) in [7, 11) is 0. The molecule has 19 heavy (non-hydrogen) atoms. The predicted octanol–water partition coefficient (Wildman–Crippen LogP) is 4.63. The quantitative estimate of drug-likeness (QED) is 0.753. The van der Waals surface area contributed by atoms with E-state index in [-0.39, 0.29) is 18.0 Å². The van der Waals surface area contributed by atoms with E-state index in [4.69, 9.17) is 0 Å². The largest absolute Gasteiger partial charge is 0.294 e. The highest BCUT2D eigenvalue weighted by atomic mass is 79.9. The van der Waals surface area contributed by atoms with Crippen molar-refractivity contribution in [3.05, 3.63) is 68.9 Å². The van der Waals surface area contributed by atoms with Gasteiger partial charge in [0, 0.05) is 16.5 Å². The van der Waals surface area contributed by atoms with Crippen LogP contribution in [0.2, 0.25) is 0 Å². The van der Waals surface area contributed by atoms with Gasteiger partial charge in [0.25, 0.3) is 0 Å². The number of benzene rings is 2. The van der Waals surface area contributed by atoms with E-state index in [0.29, 0.717) is 15.6 Å². The molecular formula is C16H14BrFO. The zero-order valence-electron chi connectivity index (χ0n) is 10.8. The number of ketones is 1. The molecule has 0 bridgehead atoms. The number of Topliss-reactive ketones (excluding diaryl/α,β-unsaturated/α-hetero) is 1. The highest BCUT2D eigenvalue weighted by Gasteiger charge is 2.09. The third kappa shape index (κ3) is 3.74. The fourth-order valence-electron chi connectivity index (χ4n) is 2.14. The number of rotatable bonds is 3. The van der Waals surface area contributed by atoms with Gasteiger partial charge in [-0.1, -0.05) is 33.1 Å². The maximum absolute atomic E-state index is 13.3. The van der Waals surface area contributed by atoms with E-state index in [9.17, 15) is 9.18 Å². The Bertz CT molecular complexity index is 594. The van der Waals surface area contributed by atoms with E-state index in [1.165, 1.54) is 12.1 Å². The fourth-order valence-corrected chi connectivity index (χ4v) is 2.65. The molecule has 0 fully saturated rings. The summed E-state index contributed by atoms with van der Waals surface area (Å²) in [5.41, 5.74) is 3.47. The number of carbonyl (C=O) groups excluding carboxylic acids is 1. The third-order valence-electron chi connectivity index (χ3n) is 2.83. The highest BCUT2D eigenvalue weighted by Crippen LogP contribution is 2.17. The number of carbonyl (C=O) groups is 1. The fraction of sp³-hybridized carbons (Fsp3) is 0.188. The first-order valence-corrected chi connectivity index (χ1v) is 6.80. The average Bonchev–Trinajstić information content (AvgIpc) is 2.25. The Balaban J connectivity index is 2.25. The third-order valence-corrected chi connectivity index (χ3v) is 3.29. The summed E-state index contributed by atoms with van der Waals surface area (Å²) in [4.78, 5) is 12.2. The van der Waals surface area contributed by atoms with Gasteiger partial charge in [-0.25, -0.2) is 4.39 Å². The lowest BCUT2D eigenvalue weighted by Crippen LogP contribution is -2.04. The van der Waals surface area contributed by atoms with E-state index >= 15 is 0 Å². The summed E-state index contributed by atoms with van der Waals surface area (Å²) in [6.07, 6.45) is 0.208. The summed E-state index contributed by atoms with van der Waals surface area (Å²) in [6, 6.07) is 10.3. The molecule has 0 saturated heterocycles. The van der Waals surface area contributed by atoms with Crippen molar-refractivity contribution in [3.8, 4) is 0 Å².